The molecule has 0 N–H and O–H groups in total. The highest BCUT2D eigenvalue weighted by Crippen LogP contribution is 2.36. The number of aryl methyl sites for hydroxylation is 1. The van der Waals surface area contributed by atoms with Crippen LogP contribution < -0.4 is 9.47 Å². The van der Waals surface area contributed by atoms with Crippen LogP contribution >= 0.6 is 0 Å². The van der Waals surface area contributed by atoms with Gasteiger partial charge in [-0.1, -0.05) is 69.0 Å². The maximum Gasteiger partial charge on any atom is 0.338 e. The molecule has 0 bridgehead atoms. The normalized spacial score (nSPS) is 10.6. The van der Waals surface area contributed by atoms with Crippen molar-refractivity contribution >= 4 is 11.9 Å². The second-order valence-electron chi connectivity index (χ2n) is 9.58. The van der Waals surface area contributed by atoms with Crippen LogP contribution in [-0.4, -0.2) is 38.9 Å². The molecule has 3 aromatic carbocycles. The van der Waals surface area contributed by atoms with Crippen LogP contribution in [0.5, 0.6) is 11.5 Å². The molecule has 0 amide bonds. The van der Waals surface area contributed by atoms with Gasteiger partial charge in [-0.3, -0.25) is 0 Å². The minimum atomic E-state index is -0.462. The van der Waals surface area contributed by atoms with Gasteiger partial charge >= 0.3 is 11.9 Å². The standard InChI is InChI=1S/C34H38O6/c1-6-7-9-26-10-12-28(13-11-26)32-22-30(38-20-8-21-39-34(36)25(4)23-37-5)18-19-31(32)27-14-16-29(17-15-27)40-33(35)24(2)3/h10-19,22H,2,4,6-9,20-21,23H2,1,3,5H3. The molecular formula is C34H38O6. The number of esters is 2. The number of hydrogen-bond donors (Lipinski definition) is 0. The Balaban J connectivity index is 1.77. The first-order valence-corrected chi connectivity index (χ1v) is 13.5. The van der Waals surface area contributed by atoms with Crippen LogP contribution in [0.1, 0.15) is 38.7 Å². The van der Waals surface area contributed by atoms with Gasteiger partial charge in [-0.25, -0.2) is 9.59 Å². The number of carbonyl (C=O) groups is 2. The van der Waals surface area contributed by atoms with Crippen LogP contribution in [0.15, 0.2) is 91.0 Å². The van der Waals surface area contributed by atoms with Crippen molar-refractivity contribution in [3.05, 3.63) is 96.6 Å². The molecular weight excluding hydrogens is 504 g/mol. The Labute approximate surface area is 237 Å². The average molecular weight is 543 g/mol. The summed E-state index contributed by atoms with van der Waals surface area (Å²) in [5.41, 5.74) is 6.04. The average Bonchev–Trinajstić information content (AvgIpc) is 2.96. The largest absolute Gasteiger partial charge is 0.493 e. The van der Waals surface area contributed by atoms with Gasteiger partial charge in [0.25, 0.3) is 0 Å². The number of rotatable bonds is 15. The van der Waals surface area contributed by atoms with Crippen molar-refractivity contribution < 1.29 is 28.5 Å². The summed E-state index contributed by atoms with van der Waals surface area (Å²) in [6.07, 6.45) is 3.91. The Kier molecular flexibility index (Phi) is 11.7. The van der Waals surface area contributed by atoms with Crippen LogP contribution in [0, 0.1) is 0 Å². The van der Waals surface area contributed by atoms with E-state index in [1.807, 2.05) is 30.3 Å². The highest BCUT2D eigenvalue weighted by molar-refractivity contribution is 5.89. The van der Waals surface area contributed by atoms with Crippen LogP contribution in [0.25, 0.3) is 22.3 Å². The van der Waals surface area contributed by atoms with E-state index in [9.17, 15) is 9.59 Å². The zero-order valence-electron chi connectivity index (χ0n) is 23.7. The van der Waals surface area contributed by atoms with Crippen molar-refractivity contribution in [2.45, 2.75) is 39.5 Å². The van der Waals surface area contributed by atoms with Gasteiger partial charge in [0.2, 0.25) is 0 Å². The van der Waals surface area contributed by atoms with E-state index in [0.29, 0.717) is 24.4 Å². The van der Waals surface area contributed by atoms with E-state index in [2.05, 4.69) is 44.3 Å². The lowest BCUT2D eigenvalue weighted by atomic mass is 9.93. The Morgan fingerprint density at radius 1 is 0.775 bits per heavy atom. The van der Waals surface area contributed by atoms with E-state index >= 15 is 0 Å². The van der Waals surface area contributed by atoms with E-state index < -0.39 is 11.9 Å². The molecule has 210 valence electrons. The molecule has 0 saturated carbocycles. The van der Waals surface area contributed by atoms with Gasteiger partial charge in [-0.15, -0.1) is 0 Å². The van der Waals surface area contributed by atoms with Crippen molar-refractivity contribution in [3.8, 4) is 33.8 Å². The van der Waals surface area contributed by atoms with Crippen molar-refractivity contribution in [1.29, 1.82) is 0 Å². The van der Waals surface area contributed by atoms with E-state index in [4.69, 9.17) is 18.9 Å². The van der Waals surface area contributed by atoms with Crippen molar-refractivity contribution in [3.63, 3.8) is 0 Å². The zero-order chi connectivity index (χ0) is 28.9. The summed E-state index contributed by atoms with van der Waals surface area (Å²) in [5, 5.41) is 0. The van der Waals surface area contributed by atoms with Crippen LogP contribution in [0.4, 0.5) is 0 Å². The fourth-order valence-corrected chi connectivity index (χ4v) is 3.98. The molecule has 3 rings (SSSR count). The molecule has 0 spiro atoms. The molecule has 6 heteroatoms. The fourth-order valence-electron chi connectivity index (χ4n) is 3.98. The van der Waals surface area contributed by atoms with Crippen LogP contribution in [0.2, 0.25) is 0 Å². The molecule has 0 aromatic heterocycles. The van der Waals surface area contributed by atoms with Crippen molar-refractivity contribution in [1.82, 2.24) is 0 Å². The second kappa shape index (κ2) is 15.4. The summed E-state index contributed by atoms with van der Waals surface area (Å²) in [6.45, 7) is 11.9. The molecule has 6 nitrogen and oxygen atoms in total. The maximum atomic E-state index is 11.9. The molecule has 0 radical (unpaired) electrons. The van der Waals surface area contributed by atoms with Gasteiger partial charge < -0.3 is 18.9 Å². The lowest BCUT2D eigenvalue weighted by Gasteiger charge is -2.15. The van der Waals surface area contributed by atoms with Gasteiger partial charge in [0, 0.05) is 19.1 Å². The van der Waals surface area contributed by atoms with Gasteiger partial charge in [0.1, 0.15) is 11.5 Å². The smallest absolute Gasteiger partial charge is 0.338 e. The topological polar surface area (TPSA) is 71.1 Å². The summed E-state index contributed by atoms with van der Waals surface area (Å²) < 4.78 is 21.5. The summed E-state index contributed by atoms with van der Waals surface area (Å²) >= 11 is 0. The second-order valence-corrected chi connectivity index (χ2v) is 9.58. The summed E-state index contributed by atoms with van der Waals surface area (Å²) in [5.74, 6) is 0.269. The fraction of sp³-hybridized carbons (Fsp3) is 0.294. The minimum Gasteiger partial charge on any atom is -0.493 e. The maximum absolute atomic E-state index is 11.9. The summed E-state index contributed by atoms with van der Waals surface area (Å²) in [4.78, 5) is 23.7. The number of carbonyl (C=O) groups excluding carboxylic acids is 2. The first-order chi connectivity index (χ1) is 19.3. The third kappa shape index (κ3) is 8.95. The van der Waals surface area contributed by atoms with Crippen LogP contribution in [-0.2, 0) is 25.5 Å². The molecule has 0 aliphatic rings. The number of methoxy groups -OCH3 is 1. The highest BCUT2D eigenvalue weighted by Gasteiger charge is 2.12. The van der Waals surface area contributed by atoms with Crippen molar-refractivity contribution in [2.24, 2.45) is 0 Å². The number of hydrogen-bond acceptors (Lipinski definition) is 6. The Morgan fingerprint density at radius 2 is 1.43 bits per heavy atom. The predicted molar refractivity (Wildman–Crippen MR) is 158 cm³/mol. The lowest BCUT2D eigenvalue weighted by molar-refractivity contribution is -0.139. The molecule has 0 saturated heterocycles. The molecule has 0 aliphatic carbocycles. The molecule has 0 atom stereocenters. The van der Waals surface area contributed by atoms with Crippen molar-refractivity contribution in [2.75, 3.05) is 26.9 Å². The SMILES string of the molecule is C=C(C)C(=O)Oc1ccc(-c2ccc(OCCCOC(=O)C(=C)COC)cc2-c2ccc(CCCC)cc2)cc1. The molecule has 3 aromatic rings. The van der Waals surface area contributed by atoms with Gasteiger partial charge in [0.15, 0.2) is 0 Å². The van der Waals surface area contributed by atoms with Gasteiger partial charge in [0.05, 0.1) is 25.4 Å². The Bertz CT molecular complexity index is 1310. The Hall–Kier alpha value is -4.16. The third-order valence-corrected chi connectivity index (χ3v) is 6.20. The first kappa shape index (κ1) is 30.4. The summed E-state index contributed by atoms with van der Waals surface area (Å²) in [7, 11) is 1.50. The number of ether oxygens (including phenoxy) is 4. The molecule has 0 fully saturated rings. The molecule has 40 heavy (non-hydrogen) atoms. The minimum absolute atomic E-state index is 0.145. The van der Waals surface area contributed by atoms with Gasteiger partial charge in [-0.05, 0) is 71.8 Å². The zero-order valence-corrected chi connectivity index (χ0v) is 23.7. The third-order valence-electron chi connectivity index (χ3n) is 6.20. The van der Waals surface area contributed by atoms with E-state index in [1.165, 1.54) is 12.7 Å². The molecule has 0 heterocycles. The Morgan fingerprint density at radius 3 is 2.08 bits per heavy atom. The highest BCUT2D eigenvalue weighted by atomic mass is 16.5. The number of benzene rings is 3. The van der Waals surface area contributed by atoms with E-state index in [0.717, 1.165) is 47.3 Å². The van der Waals surface area contributed by atoms with E-state index in [1.54, 1.807) is 19.1 Å². The lowest BCUT2D eigenvalue weighted by Crippen LogP contribution is -2.13. The van der Waals surface area contributed by atoms with Gasteiger partial charge in [-0.2, -0.15) is 0 Å². The van der Waals surface area contributed by atoms with E-state index in [-0.39, 0.29) is 18.8 Å². The molecule has 0 aliphatic heterocycles. The van der Waals surface area contributed by atoms with Crippen LogP contribution in [0.3, 0.4) is 0 Å². The predicted octanol–water partition coefficient (Wildman–Crippen LogP) is 7.36. The summed E-state index contributed by atoms with van der Waals surface area (Å²) in [6, 6.07) is 22.0. The number of unbranched alkanes of at least 4 members (excludes halogenated alkanes) is 1. The first-order valence-electron chi connectivity index (χ1n) is 13.5. The molecule has 0 unspecified atom stereocenters. The quantitative estimate of drug-likeness (QED) is 0.0865. The monoisotopic (exact) mass is 542 g/mol.